The summed E-state index contributed by atoms with van der Waals surface area (Å²) in [5.41, 5.74) is 0.546. The normalized spacial score (nSPS) is 14.2. The summed E-state index contributed by atoms with van der Waals surface area (Å²) in [6, 6.07) is 12.7. The predicted octanol–water partition coefficient (Wildman–Crippen LogP) is 3.04. The zero-order valence-corrected chi connectivity index (χ0v) is 16.5. The first kappa shape index (κ1) is 21.0. The quantitative estimate of drug-likeness (QED) is 0.554. The highest BCUT2D eigenvalue weighted by molar-refractivity contribution is 6.52. The number of esters is 1. The Hall–Kier alpha value is -3.74. The fourth-order valence-electron chi connectivity index (χ4n) is 3.41. The number of ether oxygens (including phenoxy) is 2. The lowest BCUT2D eigenvalue weighted by Crippen LogP contribution is -2.29. The van der Waals surface area contributed by atoms with Crippen molar-refractivity contribution in [1.82, 2.24) is 0 Å². The number of hydrogen-bond acceptors (Lipinski definition) is 7. The van der Waals surface area contributed by atoms with Gasteiger partial charge in [0.1, 0.15) is 11.5 Å². The van der Waals surface area contributed by atoms with Crippen molar-refractivity contribution >= 4 is 29.1 Å². The zero-order valence-electron chi connectivity index (χ0n) is 16.5. The highest BCUT2D eigenvalue weighted by atomic mass is 16.5. The minimum atomic E-state index is -1.04. The van der Waals surface area contributed by atoms with E-state index in [4.69, 9.17) is 9.47 Å². The fraction of sp³-hybridized carbons (Fsp3) is 0.217. The number of aliphatic hydroxyl groups excluding tert-OH is 1. The number of fused-ring (bicyclic) bond motifs is 1. The third-order valence-electron chi connectivity index (χ3n) is 4.89. The summed E-state index contributed by atoms with van der Waals surface area (Å²) in [7, 11) is 1.49. The van der Waals surface area contributed by atoms with Gasteiger partial charge in [0.25, 0.3) is 0 Å². The molecular formula is C23H20O7. The standard InChI is InChI=1S/C23H20O7/c1-3-30-23(28)18(24)12-17(13-8-10-14(29-2)11-9-13)19-20(25)15-6-4-5-7-16(15)21(26)22(19)27/h4-11,17,25H,3,12H2,1-2H3/t17-/m1/s1. The Morgan fingerprint density at radius 3 is 2.20 bits per heavy atom. The smallest absolute Gasteiger partial charge is 0.374 e. The van der Waals surface area contributed by atoms with Crippen LogP contribution < -0.4 is 4.74 Å². The maximum atomic E-state index is 12.9. The first-order chi connectivity index (χ1) is 14.4. The van der Waals surface area contributed by atoms with Gasteiger partial charge in [-0.1, -0.05) is 36.4 Å². The number of methoxy groups -OCH3 is 1. The van der Waals surface area contributed by atoms with E-state index in [2.05, 4.69) is 0 Å². The van der Waals surface area contributed by atoms with Crippen LogP contribution in [-0.2, 0) is 19.1 Å². The Kier molecular flexibility index (Phi) is 6.11. The first-order valence-electron chi connectivity index (χ1n) is 9.34. The summed E-state index contributed by atoms with van der Waals surface area (Å²) < 4.78 is 9.88. The molecular weight excluding hydrogens is 388 g/mol. The summed E-state index contributed by atoms with van der Waals surface area (Å²) in [6.07, 6.45) is -0.439. The molecule has 0 amide bonds. The van der Waals surface area contributed by atoms with Crippen molar-refractivity contribution in [3.63, 3.8) is 0 Å². The van der Waals surface area contributed by atoms with Crippen LogP contribution >= 0.6 is 0 Å². The highest BCUT2D eigenvalue weighted by Gasteiger charge is 2.39. The van der Waals surface area contributed by atoms with Crippen LogP contribution in [-0.4, -0.2) is 42.1 Å². The molecule has 0 saturated heterocycles. The van der Waals surface area contributed by atoms with Gasteiger partial charge in [-0.2, -0.15) is 0 Å². The molecule has 7 heteroatoms. The number of allylic oxidation sites excluding steroid dienone is 1. The van der Waals surface area contributed by atoms with Crippen molar-refractivity contribution in [3.8, 4) is 5.75 Å². The van der Waals surface area contributed by atoms with Crippen LogP contribution in [0, 0.1) is 0 Å². The molecule has 0 fully saturated rings. The molecule has 0 saturated carbocycles. The number of Topliss-reactive ketones (excluding diaryl/α,β-unsaturated/α-hetero) is 3. The molecule has 2 aromatic rings. The fourth-order valence-corrected chi connectivity index (χ4v) is 3.41. The molecule has 0 bridgehead atoms. The summed E-state index contributed by atoms with van der Waals surface area (Å²) in [4.78, 5) is 49.9. The number of hydrogen-bond donors (Lipinski definition) is 1. The third kappa shape index (κ3) is 3.87. The van der Waals surface area contributed by atoms with Crippen molar-refractivity contribution in [2.24, 2.45) is 0 Å². The van der Waals surface area contributed by atoms with E-state index in [-0.39, 0.29) is 29.1 Å². The lowest BCUT2D eigenvalue weighted by molar-refractivity contribution is -0.153. The van der Waals surface area contributed by atoms with E-state index < -0.39 is 35.7 Å². The second kappa shape index (κ2) is 8.73. The van der Waals surface area contributed by atoms with Crippen LogP contribution in [0.1, 0.15) is 40.7 Å². The van der Waals surface area contributed by atoms with Crippen molar-refractivity contribution in [1.29, 1.82) is 0 Å². The molecule has 0 aliphatic heterocycles. The predicted molar refractivity (Wildman–Crippen MR) is 107 cm³/mol. The van der Waals surface area contributed by atoms with E-state index in [0.717, 1.165) is 0 Å². The topological polar surface area (TPSA) is 107 Å². The molecule has 0 heterocycles. The molecule has 7 nitrogen and oxygen atoms in total. The minimum Gasteiger partial charge on any atom is -0.507 e. The van der Waals surface area contributed by atoms with Crippen molar-refractivity contribution in [3.05, 3.63) is 70.8 Å². The Labute approximate surface area is 172 Å². The molecule has 2 aromatic carbocycles. The van der Waals surface area contributed by atoms with Gasteiger partial charge in [0, 0.05) is 23.5 Å². The van der Waals surface area contributed by atoms with Gasteiger partial charge in [-0.25, -0.2) is 4.79 Å². The number of aliphatic hydroxyl groups is 1. The summed E-state index contributed by atoms with van der Waals surface area (Å²) >= 11 is 0. The number of carbonyl (C=O) groups is 4. The molecule has 154 valence electrons. The van der Waals surface area contributed by atoms with E-state index in [1.807, 2.05) is 0 Å². The van der Waals surface area contributed by atoms with Crippen LogP contribution in [0.25, 0.3) is 5.76 Å². The first-order valence-corrected chi connectivity index (χ1v) is 9.34. The van der Waals surface area contributed by atoms with Gasteiger partial charge >= 0.3 is 5.97 Å². The number of ketones is 3. The highest BCUT2D eigenvalue weighted by Crippen LogP contribution is 2.38. The van der Waals surface area contributed by atoms with E-state index in [1.54, 1.807) is 43.3 Å². The SMILES string of the molecule is CCOC(=O)C(=O)C[C@@H](C1=C(O)c2ccccc2C(=O)C1=O)c1ccc(OC)cc1. The van der Waals surface area contributed by atoms with Crippen LogP contribution in [0.2, 0.25) is 0 Å². The maximum Gasteiger partial charge on any atom is 0.374 e. The Bertz CT molecular complexity index is 1050. The molecule has 1 aliphatic rings. The largest absolute Gasteiger partial charge is 0.507 e. The molecule has 1 atom stereocenters. The van der Waals surface area contributed by atoms with Crippen molar-refractivity contribution < 1.29 is 33.8 Å². The van der Waals surface area contributed by atoms with Crippen molar-refractivity contribution in [2.75, 3.05) is 13.7 Å². The molecule has 0 aromatic heterocycles. The second-order valence-corrected chi connectivity index (χ2v) is 6.64. The summed E-state index contributed by atoms with van der Waals surface area (Å²) in [5, 5.41) is 10.9. The molecule has 1 aliphatic carbocycles. The third-order valence-corrected chi connectivity index (χ3v) is 4.89. The molecule has 3 rings (SSSR count). The van der Waals surface area contributed by atoms with Crippen LogP contribution in [0.3, 0.4) is 0 Å². The van der Waals surface area contributed by atoms with Crippen LogP contribution in [0.5, 0.6) is 5.75 Å². The minimum absolute atomic E-state index is 0.0243. The van der Waals surface area contributed by atoms with E-state index in [1.165, 1.54) is 19.2 Å². The molecule has 0 unspecified atom stereocenters. The van der Waals surface area contributed by atoms with Gasteiger partial charge in [-0.15, -0.1) is 0 Å². The van der Waals surface area contributed by atoms with Gasteiger partial charge in [0.2, 0.25) is 17.3 Å². The zero-order chi connectivity index (χ0) is 21.8. The lowest BCUT2D eigenvalue weighted by atomic mass is 9.77. The molecule has 30 heavy (non-hydrogen) atoms. The summed E-state index contributed by atoms with van der Waals surface area (Å²) in [5.74, 6) is -4.44. The van der Waals surface area contributed by atoms with Crippen LogP contribution in [0.4, 0.5) is 0 Å². The molecule has 1 N–H and O–H groups in total. The van der Waals surface area contributed by atoms with Crippen LogP contribution in [0.15, 0.2) is 54.1 Å². The number of rotatable bonds is 7. The van der Waals surface area contributed by atoms with E-state index >= 15 is 0 Å². The average Bonchev–Trinajstić information content (AvgIpc) is 2.77. The molecule has 0 spiro atoms. The Morgan fingerprint density at radius 2 is 1.60 bits per heavy atom. The maximum absolute atomic E-state index is 12.9. The van der Waals surface area contributed by atoms with Crippen molar-refractivity contribution in [2.45, 2.75) is 19.3 Å². The monoisotopic (exact) mass is 408 g/mol. The lowest BCUT2D eigenvalue weighted by Gasteiger charge is -2.24. The average molecular weight is 408 g/mol. The molecule has 0 radical (unpaired) electrons. The van der Waals surface area contributed by atoms with Gasteiger partial charge < -0.3 is 14.6 Å². The Morgan fingerprint density at radius 1 is 0.967 bits per heavy atom. The number of benzene rings is 2. The van der Waals surface area contributed by atoms with Gasteiger partial charge in [-0.3, -0.25) is 14.4 Å². The van der Waals surface area contributed by atoms with Gasteiger partial charge in [-0.05, 0) is 24.6 Å². The van der Waals surface area contributed by atoms with E-state index in [0.29, 0.717) is 11.3 Å². The van der Waals surface area contributed by atoms with Gasteiger partial charge in [0.05, 0.1) is 19.3 Å². The Balaban J connectivity index is 2.13. The summed E-state index contributed by atoms with van der Waals surface area (Å²) in [6.45, 7) is 1.59. The number of carbonyl (C=O) groups excluding carboxylic acids is 4. The second-order valence-electron chi connectivity index (χ2n) is 6.64. The van der Waals surface area contributed by atoms with E-state index in [9.17, 15) is 24.3 Å². The van der Waals surface area contributed by atoms with Gasteiger partial charge in [0.15, 0.2) is 0 Å².